The molecule has 9 heteroatoms. The van der Waals surface area contributed by atoms with E-state index in [4.69, 9.17) is 23.4 Å². The number of para-hydroxylation sites is 2. The lowest BCUT2D eigenvalue weighted by Gasteiger charge is -2.12. The Morgan fingerprint density at radius 2 is 1.94 bits per heavy atom. The molecule has 5 rings (SSSR count). The Hall–Kier alpha value is -4.11. The van der Waals surface area contributed by atoms with Crippen molar-refractivity contribution in [3.63, 3.8) is 0 Å². The lowest BCUT2D eigenvalue weighted by molar-refractivity contribution is -0.131. The molecule has 0 saturated heterocycles. The van der Waals surface area contributed by atoms with Crippen LogP contribution in [0.3, 0.4) is 0 Å². The van der Waals surface area contributed by atoms with Crippen molar-refractivity contribution in [3.8, 4) is 23.0 Å². The van der Waals surface area contributed by atoms with Crippen LogP contribution in [0.5, 0.6) is 23.0 Å². The normalized spacial score (nSPS) is 12.7. The lowest BCUT2D eigenvalue weighted by atomic mass is 10.2. The molecule has 172 valence electrons. The number of carboxylic acid groups (broad SMARTS) is 1. The quantitative estimate of drug-likeness (QED) is 0.265. The van der Waals surface area contributed by atoms with E-state index in [1.165, 1.54) is 13.2 Å². The maximum atomic E-state index is 11.9. The van der Waals surface area contributed by atoms with E-state index >= 15 is 0 Å². The average molecular weight is 477 g/mol. The van der Waals surface area contributed by atoms with Gasteiger partial charge in [0.2, 0.25) is 6.79 Å². The number of rotatable bonds is 8. The molecule has 0 radical (unpaired) electrons. The fraction of sp³-hybridized carbons (Fsp3) is 0.120. The number of hydrogen-bond donors (Lipinski definition) is 1. The van der Waals surface area contributed by atoms with Crippen LogP contribution in [-0.2, 0) is 11.4 Å². The maximum absolute atomic E-state index is 11.9. The summed E-state index contributed by atoms with van der Waals surface area (Å²) < 4.78 is 27.7. The molecule has 1 aliphatic rings. The van der Waals surface area contributed by atoms with Crippen molar-refractivity contribution in [2.24, 2.45) is 0 Å². The summed E-state index contributed by atoms with van der Waals surface area (Å²) in [7, 11) is 1.53. The highest BCUT2D eigenvalue weighted by Gasteiger charge is 2.16. The highest BCUT2D eigenvalue weighted by molar-refractivity contribution is 8.03. The van der Waals surface area contributed by atoms with Crippen LogP contribution in [0.1, 0.15) is 11.1 Å². The Morgan fingerprint density at radius 1 is 1.09 bits per heavy atom. The molecule has 0 bridgehead atoms. The first kappa shape index (κ1) is 21.7. The van der Waals surface area contributed by atoms with Crippen molar-refractivity contribution in [1.82, 2.24) is 4.98 Å². The SMILES string of the molecule is COc1cc(/C=C(\Sc2nc3ccccc3o2)C(=O)O)ccc1OCc1ccc2c(c1)OCO2. The summed E-state index contributed by atoms with van der Waals surface area (Å²) >= 11 is 0.942. The highest BCUT2D eigenvalue weighted by atomic mass is 32.2. The minimum atomic E-state index is -1.09. The van der Waals surface area contributed by atoms with Crippen LogP contribution in [0.2, 0.25) is 0 Å². The van der Waals surface area contributed by atoms with Crippen LogP contribution >= 0.6 is 11.8 Å². The Bertz CT molecular complexity index is 1360. The Balaban J connectivity index is 1.33. The van der Waals surface area contributed by atoms with Crippen molar-refractivity contribution in [2.75, 3.05) is 13.9 Å². The topological polar surface area (TPSA) is 100 Å². The number of methoxy groups -OCH3 is 1. The number of fused-ring (bicyclic) bond motifs is 2. The van der Waals surface area contributed by atoms with E-state index in [0.717, 1.165) is 17.3 Å². The number of aliphatic carboxylic acids is 1. The molecule has 2 heterocycles. The third-order valence-electron chi connectivity index (χ3n) is 5.00. The fourth-order valence-electron chi connectivity index (χ4n) is 3.36. The minimum absolute atomic E-state index is 0.0580. The van der Waals surface area contributed by atoms with Crippen LogP contribution < -0.4 is 18.9 Å². The average Bonchev–Trinajstić information content (AvgIpc) is 3.48. The van der Waals surface area contributed by atoms with Gasteiger partial charge in [-0.3, -0.25) is 0 Å². The number of oxazole rings is 1. The molecule has 1 N–H and O–H groups in total. The molecule has 3 aromatic carbocycles. The second kappa shape index (κ2) is 9.40. The van der Waals surface area contributed by atoms with E-state index in [0.29, 0.717) is 46.3 Å². The zero-order chi connectivity index (χ0) is 23.5. The van der Waals surface area contributed by atoms with E-state index in [-0.39, 0.29) is 16.9 Å². The lowest BCUT2D eigenvalue weighted by Crippen LogP contribution is -1.99. The maximum Gasteiger partial charge on any atom is 0.342 e. The van der Waals surface area contributed by atoms with Crippen LogP contribution in [-0.4, -0.2) is 30.0 Å². The standard InChI is InChI=1S/C25H19NO7S/c1-29-21-10-15(6-8-19(21)30-13-16-7-9-20-22(11-16)32-14-31-20)12-23(24(27)28)34-25-26-17-4-2-3-5-18(17)33-25/h2-12H,13-14H2,1H3,(H,27,28)/b23-12-. The van der Waals surface area contributed by atoms with Gasteiger partial charge in [0.15, 0.2) is 28.6 Å². The second-order valence-corrected chi connectivity index (χ2v) is 8.24. The van der Waals surface area contributed by atoms with Gasteiger partial charge in [-0.2, -0.15) is 0 Å². The van der Waals surface area contributed by atoms with Gasteiger partial charge in [-0.25, -0.2) is 9.78 Å². The van der Waals surface area contributed by atoms with E-state index in [1.807, 2.05) is 30.3 Å². The summed E-state index contributed by atoms with van der Waals surface area (Å²) in [6.07, 6.45) is 1.53. The smallest absolute Gasteiger partial charge is 0.342 e. The van der Waals surface area contributed by atoms with Gasteiger partial charge in [-0.15, -0.1) is 0 Å². The van der Waals surface area contributed by atoms with Gasteiger partial charge in [0, 0.05) is 0 Å². The molecule has 0 fully saturated rings. The molecule has 34 heavy (non-hydrogen) atoms. The van der Waals surface area contributed by atoms with Crippen LogP contribution in [0, 0.1) is 0 Å². The number of carboxylic acids is 1. The summed E-state index contributed by atoms with van der Waals surface area (Å²) in [6.45, 7) is 0.515. The van der Waals surface area contributed by atoms with Gasteiger partial charge in [-0.05, 0) is 65.4 Å². The van der Waals surface area contributed by atoms with Gasteiger partial charge < -0.3 is 28.5 Å². The largest absolute Gasteiger partial charge is 0.493 e. The van der Waals surface area contributed by atoms with Crippen LogP contribution in [0.4, 0.5) is 0 Å². The van der Waals surface area contributed by atoms with Gasteiger partial charge in [0.05, 0.1) is 7.11 Å². The zero-order valence-electron chi connectivity index (χ0n) is 18.0. The molecule has 8 nitrogen and oxygen atoms in total. The number of carbonyl (C=O) groups is 1. The summed E-state index contributed by atoms with van der Waals surface area (Å²) in [4.78, 5) is 16.2. The number of aromatic nitrogens is 1. The van der Waals surface area contributed by atoms with Crippen molar-refractivity contribution in [1.29, 1.82) is 0 Å². The number of benzene rings is 3. The molecular formula is C25H19NO7S. The summed E-state index contributed by atoms with van der Waals surface area (Å²) in [5, 5.41) is 9.95. The first-order chi connectivity index (χ1) is 16.6. The second-order valence-electron chi connectivity index (χ2n) is 7.25. The fourth-order valence-corrected chi connectivity index (χ4v) is 4.11. The first-order valence-electron chi connectivity index (χ1n) is 10.3. The monoisotopic (exact) mass is 477 g/mol. The third kappa shape index (κ3) is 4.65. The summed E-state index contributed by atoms with van der Waals surface area (Å²) in [5.74, 6) is 1.31. The highest BCUT2D eigenvalue weighted by Crippen LogP contribution is 2.35. The Labute approximate surface area is 198 Å². The molecule has 1 aliphatic heterocycles. The zero-order valence-corrected chi connectivity index (χ0v) is 18.8. The molecule has 0 saturated carbocycles. The molecular weight excluding hydrogens is 458 g/mol. The number of hydrogen-bond acceptors (Lipinski definition) is 8. The van der Waals surface area contributed by atoms with E-state index in [1.54, 1.807) is 30.3 Å². The molecule has 0 unspecified atom stereocenters. The molecule has 0 atom stereocenters. The van der Waals surface area contributed by atoms with Gasteiger partial charge in [-0.1, -0.05) is 24.3 Å². The molecule has 0 spiro atoms. The van der Waals surface area contributed by atoms with Crippen molar-refractivity contribution >= 4 is 34.9 Å². The van der Waals surface area contributed by atoms with Gasteiger partial charge in [0.25, 0.3) is 5.22 Å². The minimum Gasteiger partial charge on any atom is -0.493 e. The third-order valence-corrected chi connectivity index (χ3v) is 5.86. The summed E-state index contributed by atoms with van der Waals surface area (Å²) in [6, 6.07) is 18.1. The van der Waals surface area contributed by atoms with Crippen LogP contribution in [0.25, 0.3) is 17.2 Å². The Kier molecular flexibility index (Phi) is 6.01. The number of nitrogens with zero attached hydrogens (tertiary/aromatic N) is 1. The molecule has 4 aromatic rings. The Morgan fingerprint density at radius 3 is 2.76 bits per heavy atom. The van der Waals surface area contributed by atoms with Gasteiger partial charge >= 0.3 is 5.97 Å². The van der Waals surface area contributed by atoms with Crippen molar-refractivity contribution in [3.05, 3.63) is 76.7 Å². The van der Waals surface area contributed by atoms with Gasteiger partial charge in [0.1, 0.15) is 17.0 Å². The van der Waals surface area contributed by atoms with Crippen molar-refractivity contribution in [2.45, 2.75) is 11.8 Å². The van der Waals surface area contributed by atoms with E-state index in [9.17, 15) is 9.90 Å². The summed E-state index contributed by atoms with van der Waals surface area (Å²) in [5.41, 5.74) is 2.81. The van der Waals surface area contributed by atoms with E-state index < -0.39 is 5.97 Å². The molecule has 0 aliphatic carbocycles. The van der Waals surface area contributed by atoms with Crippen molar-refractivity contribution < 1.29 is 33.3 Å². The number of ether oxygens (including phenoxy) is 4. The predicted molar refractivity (Wildman–Crippen MR) is 125 cm³/mol. The predicted octanol–water partition coefficient (Wildman–Crippen LogP) is 5.36. The molecule has 1 aromatic heterocycles. The number of thioether (sulfide) groups is 1. The van der Waals surface area contributed by atoms with E-state index in [2.05, 4.69) is 4.98 Å². The first-order valence-corrected chi connectivity index (χ1v) is 11.1. The molecule has 0 amide bonds. The van der Waals surface area contributed by atoms with Crippen LogP contribution in [0.15, 0.2) is 75.2 Å².